The van der Waals surface area contributed by atoms with Crippen molar-refractivity contribution in [3.8, 4) is 0 Å². The van der Waals surface area contributed by atoms with Crippen LogP contribution in [-0.2, 0) is 28.7 Å². The summed E-state index contributed by atoms with van der Waals surface area (Å²) in [5, 5.41) is 5.19. The summed E-state index contributed by atoms with van der Waals surface area (Å²) in [6.07, 6.45) is 0.355. The van der Waals surface area contributed by atoms with Crippen molar-refractivity contribution in [2.75, 3.05) is 14.2 Å². The molecule has 1 aromatic rings. The molecule has 0 radical (unpaired) electrons. The monoisotopic (exact) mass is 393 g/mol. The molecular weight excluding hydrogens is 366 g/mol. The summed E-state index contributed by atoms with van der Waals surface area (Å²) >= 11 is 0. The molecule has 0 aliphatic heterocycles. The third-order valence-corrected chi connectivity index (χ3v) is 4.10. The van der Waals surface area contributed by atoms with Crippen LogP contribution in [0.1, 0.15) is 37.8 Å². The summed E-state index contributed by atoms with van der Waals surface area (Å²) in [5.41, 5.74) is 6.16. The highest BCUT2D eigenvalue weighted by atomic mass is 16.5. The Bertz CT molecular complexity index is 680. The van der Waals surface area contributed by atoms with Crippen molar-refractivity contribution in [1.82, 2.24) is 10.6 Å². The zero-order chi connectivity index (χ0) is 21.1. The number of hydrogen-bond acceptors (Lipinski definition) is 7. The van der Waals surface area contributed by atoms with Gasteiger partial charge in [-0.05, 0) is 18.4 Å². The van der Waals surface area contributed by atoms with E-state index in [1.165, 1.54) is 14.2 Å². The Morgan fingerprint density at radius 1 is 1.00 bits per heavy atom. The first-order chi connectivity index (χ1) is 13.3. The largest absolute Gasteiger partial charge is 0.468 e. The minimum Gasteiger partial charge on any atom is -0.468 e. The van der Waals surface area contributed by atoms with Gasteiger partial charge in [0, 0.05) is 6.42 Å². The number of ether oxygens (including phenoxy) is 2. The van der Waals surface area contributed by atoms with Gasteiger partial charge in [0.2, 0.25) is 11.8 Å². The highest BCUT2D eigenvalue weighted by molar-refractivity contribution is 5.91. The zero-order valence-electron chi connectivity index (χ0n) is 16.3. The summed E-state index contributed by atoms with van der Waals surface area (Å²) in [7, 11) is 2.44. The molecule has 0 saturated heterocycles. The van der Waals surface area contributed by atoms with Gasteiger partial charge in [0.1, 0.15) is 12.1 Å². The Morgan fingerprint density at radius 2 is 1.61 bits per heavy atom. The van der Waals surface area contributed by atoms with Gasteiger partial charge >= 0.3 is 11.9 Å². The number of methoxy groups -OCH3 is 2. The lowest BCUT2D eigenvalue weighted by Gasteiger charge is -2.22. The van der Waals surface area contributed by atoms with Crippen LogP contribution in [0.4, 0.5) is 0 Å². The van der Waals surface area contributed by atoms with Crippen LogP contribution in [0, 0.1) is 0 Å². The Kier molecular flexibility index (Phi) is 9.66. The van der Waals surface area contributed by atoms with E-state index in [9.17, 15) is 19.2 Å². The maximum absolute atomic E-state index is 12.6. The van der Waals surface area contributed by atoms with E-state index >= 15 is 0 Å². The third-order valence-electron chi connectivity index (χ3n) is 4.10. The molecule has 0 bridgehead atoms. The van der Waals surface area contributed by atoms with Gasteiger partial charge in [-0.1, -0.05) is 37.3 Å². The Labute approximate surface area is 163 Å². The predicted octanol–water partition coefficient (Wildman–Crippen LogP) is 0.192. The Morgan fingerprint density at radius 3 is 2.14 bits per heavy atom. The lowest BCUT2D eigenvalue weighted by atomic mass is 10.1. The Balaban J connectivity index is 2.71. The SMILES string of the molecule is CCC(NC(=O)CCC(N)C(=O)OC)C(=O)NC(C(=O)OC)c1ccccc1. The molecule has 1 aromatic carbocycles. The van der Waals surface area contributed by atoms with Crippen molar-refractivity contribution in [1.29, 1.82) is 0 Å². The molecule has 2 amide bonds. The number of amides is 2. The lowest BCUT2D eigenvalue weighted by molar-refractivity contribution is -0.145. The van der Waals surface area contributed by atoms with E-state index in [2.05, 4.69) is 15.4 Å². The summed E-state index contributed by atoms with van der Waals surface area (Å²) < 4.78 is 9.26. The zero-order valence-corrected chi connectivity index (χ0v) is 16.3. The smallest absolute Gasteiger partial charge is 0.333 e. The van der Waals surface area contributed by atoms with E-state index < -0.39 is 41.9 Å². The molecule has 4 N–H and O–H groups in total. The number of esters is 2. The van der Waals surface area contributed by atoms with Crippen molar-refractivity contribution in [3.05, 3.63) is 35.9 Å². The first-order valence-corrected chi connectivity index (χ1v) is 8.89. The second-order valence-electron chi connectivity index (χ2n) is 6.07. The second-order valence-corrected chi connectivity index (χ2v) is 6.07. The number of rotatable bonds is 10. The summed E-state index contributed by atoms with van der Waals surface area (Å²) in [6.45, 7) is 1.72. The molecule has 0 spiro atoms. The van der Waals surface area contributed by atoms with Crippen LogP contribution in [0.25, 0.3) is 0 Å². The van der Waals surface area contributed by atoms with Gasteiger partial charge in [0.05, 0.1) is 14.2 Å². The van der Waals surface area contributed by atoms with Gasteiger partial charge in [-0.2, -0.15) is 0 Å². The minimum absolute atomic E-state index is 0.0425. The number of hydrogen-bond donors (Lipinski definition) is 3. The van der Waals surface area contributed by atoms with Crippen molar-refractivity contribution in [2.45, 2.75) is 44.3 Å². The molecule has 0 fully saturated rings. The highest BCUT2D eigenvalue weighted by Crippen LogP contribution is 2.14. The minimum atomic E-state index is -0.989. The van der Waals surface area contributed by atoms with Crippen LogP contribution in [0.15, 0.2) is 30.3 Å². The topological polar surface area (TPSA) is 137 Å². The van der Waals surface area contributed by atoms with Crippen molar-refractivity contribution < 1.29 is 28.7 Å². The normalized spacial score (nSPS) is 13.6. The Hall–Kier alpha value is -2.94. The molecule has 0 aromatic heterocycles. The van der Waals surface area contributed by atoms with Gasteiger partial charge in [0.25, 0.3) is 0 Å². The second kappa shape index (κ2) is 11.7. The van der Waals surface area contributed by atoms with Gasteiger partial charge in [-0.15, -0.1) is 0 Å². The molecule has 3 unspecified atom stereocenters. The molecule has 1 rings (SSSR count). The molecule has 9 nitrogen and oxygen atoms in total. The summed E-state index contributed by atoms with van der Waals surface area (Å²) in [4.78, 5) is 48.0. The van der Waals surface area contributed by atoms with Gasteiger partial charge in [-0.25, -0.2) is 4.79 Å². The standard InChI is InChI=1S/C19H27N3O6/c1-4-14(21-15(23)11-10-13(20)18(25)27-2)17(24)22-16(19(26)28-3)12-8-6-5-7-9-12/h5-9,13-14,16H,4,10-11,20H2,1-3H3,(H,21,23)(H,22,24). The number of benzene rings is 1. The molecule has 0 aliphatic carbocycles. The van der Waals surface area contributed by atoms with E-state index in [1.807, 2.05) is 0 Å². The average molecular weight is 393 g/mol. The number of nitrogens with two attached hydrogens (primary N) is 1. The molecule has 0 aliphatic rings. The van der Waals surface area contributed by atoms with Crippen LogP contribution >= 0.6 is 0 Å². The fourth-order valence-corrected chi connectivity index (χ4v) is 2.46. The average Bonchev–Trinajstić information content (AvgIpc) is 2.73. The molecule has 0 saturated carbocycles. The molecule has 3 atom stereocenters. The number of carbonyl (C=O) groups excluding carboxylic acids is 4. The summed E-state index contributed by atoms with van der Waals surface area (Å²) in [6, 6.07) is 5.89. The van der Waals surface area contributed by atoms with E-state index in [-0.39, 0.29) is 12.8 Å². The van der Waals surface area contributed by atoms with Crippen molar-refractivity contribution in [3.63, 3.8) is 0 Å². The van der Waals surface area contributed by atoms with E-state index in [1.54, 1.807) is 37.3 Å². The predicted molar refractivity (Wildman–Crippen MR) is 101 cm³/mol. The van der Waals surface area contributed by atoms with Crippen LogP contribution < -0.4 is 16.4 Å². The molecule has 154 valence electrons. The first-order valence-electron chi connectivity index (χ1n) is 8.89. The maximum atomic E-state index is 12.6. The molecule has 9 heteroatoms. The maximum Gasteiger partial charge on any atom is 0.333 e. The fraction of sp³-hybridized carbons (Fsp3) is 0.474. The third kappa shape index (κ3) is 6.99. The summed E-state index contributed by atoms with van der Waals surface area (Å²) in [5.74, 6) is -2.19. The molecule has 28 heavy (non-hydrogen) atoms. The molecule has 0 heterocycles. The van der Waals surface area contributed by atoms with Gasteiger partial charge in [-0.3, -0.25) is 14.4 Å². The van der Waals surface area contributed by atoms with E-state index in [0.29, 0.717) is 12.0 Å². The number of carbonyl (C=O) groups is 4. The van der Waals surface area contributed by atoms with Crippen molar-refractivity contribution in [2.24, 2.45) is 5.73 Å². The number of nitrogens with one attached hydrogen (secondary N) is 2. The van der Waals surface area contributed by atoms with Crippen LogP contribution in [0.5, 0.6) is 0 Å². The van der Waals surface area contributed by atoms with Crippen LogP contribution in [-0.4, -0.2) is 50.1 Å². The lowest BCUT2D eigenvalue weighted by Crippen LogP contribution is -2.49. The first kappa shape index (κ1) is 23.1. The van der Waals surface area contributed by atoms with E-state index in [0.717, 1.165) is 0 Å². The van der Waals surface area contributed by atoms with E-state index in [4.69, 9.17) is 10.5 Å². The highest BCUT2D eigenvalue weighted by Gasteiger charge is 2.27. The van der Waals surface area contributed by atoms with Crippen LogP contribution in [0.2, 0.25) is 0 Å². The molecular formula is C19H27N3O6. The quantitative estimate of drug-likeness (QED) is 0.483. The fourth-order valence-electron chi connectivity index (χ4n) is 2.46. The van der Waals surface area contributed by atoms with Gasteiger partial charge in [0.15, 0.2) is 6.04 Å². The van der Waals surface area contributed by atoms with Gasteiger partial charge < -0.3 is 25.8 Å². The van der Waals surface area contributed by atoms with Crippen LogP contribution in [0.3, 0.4) is 0 Å². The van der Waals surface area contributed by atoms with Crippen molar-refractivity contribution >= 4 is 23.8 Å².